The van der Waals surface area contributed by atoms with E-state index >= 15 is 4.39 Å². The van der Waals surface area contributed by atoms with Crippen LogP contribution >= 0.6 is 0 Å². The zero-order valence-corrected chi connectivity index (χ0v) is 19.9. The quantitative estimate of drug-likeness (QED) is 0.513. The number of halogens is 1. The van der Waals surface area contributed by atoms with Crippen LogP contribution in [0.1, 0.15) is 79.1 Å². The summed E-state index contributed by atoms with van der Waals surface area (Å²) in [7, 11) is 0. The summed E-state index contributed by atoms with van der Waals surface area (Å²) in [6.07, 6.45) is 2.56. The maximum absolute atomic E-state index is 17.3. The highest BCUT2D eigenvalue weighted by Gasteiger charge is 2.77. The molecule has 0 aromatic rings. The number of nitrogens with one attached hydrogen (secondary N) is 1. The van der Waals surface area contributed by atoms with Crippen molar-refractivity contribution in [2.75, 3.05) is 13.2 Å². The lowest BCUT2D eigenvalue weighted by Crippen LogP contribution is -2.75. The summed E-state index contributed by atoms with van der Waals surface area (Å²) in [6.45, 7) is 7.81. The molecule has 9 atom stereocenters. The number of Topliss-reactive ketones (excluding diaryl/α,β-unsaturated/α-hetero) is 1. The van der Waals surface area contributed by atoms with E-state index in [4.69, 9.17) is 4.74 Å². The van der Waals surface area contributed by atoms with Gasteiger partial charge in [0.25, 0.3) is 0 Å². The van der Waals surface area contributed by atoms with E-state index in [0.717, 1.165) is 6.42 Å². The van der Waals surface area contributed by atoms with Crippen LogP contribution in [0.4, 0.5) is 4.39 Å². The number of hydrogen-bond donors (Lipinski definition) is 4. The van der Waals surface area contributed by atoms with Gasteiger partial charge in [-0.25, -0.2) is 4.39 Å². The third-order valence-corrected chi connectivity index (χ3v) is 10.8. The molecule has 1 saturated heterocycles. The average Bonchev–Trinajstić information content (AvgIpc) is 3.19. The van der Waals surface area contributed by atoms with Gasteiger partial charge in [0.2, 0.25) is 0 Å². The fraction of sp³-hybridized carbons (Fsp3) is 0.960. The van der Waals surface area contributed by atoms with Crippen LogP contribution in [-0.2, 0) is 9.53 Å². The predicted molar refractivity (Wildman–Crippen MR) is 116 cm³/mol. The summed E-state index contributed by atoms with van der Waals surface area (Å²) in [5.74, 6) is -0.343. The van der Waals surface area contributed by atoms with Gasteiger partial charge in [0.1, 0.15) is 17.1 Å². The van der Waals surface area contributed by atoms with Gasteiger partial charge in [-0.3, -0.25) is 10.1 Å². The van der Waals surface area contributed by atoms with Gasteiger partial charge in [-0.1, -0.05) is 13.8 Å². The van der Waals surface area contributed by atoms with Crippen LogP contribution in [0, 0.1) is 28.6 Å². The van der Waals surface area contributed by atoms with Crippen molar-refractivity contribution in [1.29, 1.82) is 0 Å². The van der Waals surface area contributed by atoms with Gasteiger partial charge < -0.3 is 20.1 Å². The molecule has 32 heavy (non-hydrogen) atoms. The highest BCUT2D eigenvalue weighted by atomic mass is 19.1. The first-order valence-corrected chi connectivity index (χ1v) is 12.4. The first-order chi connectivity index (χ1) is 14.8. The summed E-state index contributed by atoms with van der Waals surface area (Å²) in [6, 6.07) is 0. The number of hydrogen-bond acceptors (Lipinski definition) is 6. The van der Waals surface area contributed by atoms with E-state index in [1.54, 1.807) is 0 Å². The summed E-state index contributed by atoms with van der Waals surface area (Å²) < 4.78 is 23.4. The molecule has 1 heterocycles. The first kappa shape index (κ1) is 23.2. The minimum atomic E-state index is -1.78. The second-order valence-electron chi connectivity index (χ2n) is 12.7. The van der Waals surface area contributed by atoms with Gasteiger partial charge in [-0.2, -0.15) is 0 Å². The van der Waals surface area contributed by atoms with Gasteiger partial charge in [-0.05, 0) is 70.1 Å². The molecule has 7 heteroatoms. The highest BCUT2D eigenvalue weighted by Crippen LogP contribution is 2.72. The second-order valence-corrected chi connectivity index (χ2v) is 12.7. The van der Waals surface area contributed by atoms with Crippen molar-refractivity contribution >= 4 is 5.78 Å². The minimum Gasteiger partial charge on any atom is -0.392 e. The molecule has 4 unspecified atom stereocenters. The first-order valence-electron chi connectivity index (χ1n) is 12.4. The number of aliphatic hydroxyl groups is 3. The number of aliphatic hydroxyl groups excluding tert-OH is 2. The van der Waals surface area contributed by atoms with Gasteiger partial charge >= 0.3 is 0 Å². The van der Waals surface area contributed by atoms with E-state index in [-0.39, 0.29) is 30.0 Å². The standard InChI is InChI=1S/C25H40FNO5/c1-20(2)14-32-24(13-28,27-20)23(31)10-8-17-18-6-5-15-11-16(29)7-9-21(15,3)25(18,26)19(30)12-22(17,23)4/h15,17-19,27-28,30-31H,5-14H2,1-4H3/t15?,17?,18?,19-,21-,22-,23+,24?,25-/m0/s1. The molecule has 0 aromatic heterocycles. The Labute approximate surface area is 190 Å². The van der Waals surface area contributed by atoms with Crippen molar-refractivity contribution in [3.63, 3.8) is 0 Å². The normalized spacial score (nSPS) is 57.1. The van der Waals surface area contributed by atoms with Crippen LogP contribution < -0.4 is 5.32 Å². The number of ether oxygens (including phenoxy) is 1. The Morgan fingerprint density at radius 3 is 2.44 bits per heavy atom. The van der Waals surface area contributed by atoms with Crippen LogP contribution in [0.5, 0.6) is 0 Å². The SMILES string of the molecule is CC1(C)COC(CO)([C@@]2(O)CCC3C4CCC5CC(=O)CC[C@]5(C)[C@@]4(F)[C@@H](O)C[C@@]32C)N1. The largest absolute Gasteiger partial charge is 0.392 e. The summed E-state index contributed by atoms with van der Waals surface area (Å²) >= 11 is 0. The Kier molecular flexibility index (Phi) is 4.88. The van der Waals surface area contributed by atoms with Gasteiger partial charge in [0, 0.05) is 29.2 Å². The number of alkyl halides is 1. The van der Waals surface area contributed by atoms with E-state index in [0.29, 0.717) is 45.1 Å². The third-order valence-electron chi connectivity index (χ3n) is 10.8. The zero-order chi connectivity index (χ0) is 23.4. The molecular weight excluding hydrogens is 413 g/mol. The fourth-order valence-corrected chi connectivity index (χ4v) is 9.08. The van der Waals surface area contributed by atoms with Crippen molar-refractivity contribution in [2.45, 2.75) is 108 Å². The molecule has 4 saturated carbocycles. The Hall–Kier alpha value is -0.600. The smallest absolute Gasteiger partial charge is 0.172 e. The monoisotopic (exact) mass is 453 g/mol. The molecule has 0 radical (unpaired) electrons. The maximum Gasteiger partial charge on any atom is 0.172 e. The van der Waals surface area contributed by atoms with Crippen molar-refractivity contribution in [2.24, 2.45) is 28.6 Å². The number of rotatable bonds is 2. The molecule has 0 spiro atoms. The predicted octanol–water partition coefficient (Wildman–Crippen LogP) is 2.48. The highest BCUT2D eigenvalue weighted by molar-refractivity contribution is 5.79. The molecule has 4 aliphatic carbocycles. The molecule has 0 aromatic carbocycles. The van der Waals surface area contributed by atoms with Gasteiger partial charge in [0.05, 0.1) is 19.3 Å². The molecular formula is C25H40FNO5. The Morgan fingerprint density at radius 2 is 1.81 bits per heavy atom. The average molecular weight is 454 g/mol. The zero-order valence-electron chi connectivity index (χ0n) is 19.9. The molecule has 6 nitrogen and oxygen atoms in total. The molecule has 5 fully saturated rings. The van der Waals surface area contributed by atoms with Gasteiger partial charge in [0.15, 0.2) is 5.72 Å². The Balaban J connectivity index is 1.55. The molecule has 5 rings (SSSR count). The molecule has 182 valence electrons. The molecule has 4 N–H and O–H groups in total. The summed E-state index contributed by atoms with van der Waals surface area (Å²) in [4.78, 5) is 12.1. The third kappa shape index (κ3) is 2.55. The molecule has 0 amide bonds. The van der Waals surface area contributed by atoms with Crippen molar-refractivity contribution in [3.05, 3.63) is 0 Å². The summed E-state index contributed by atoms with van der Waals surface area (Å²) in [5.41, 5.74) is -6.50. The number of ketones is 1. The lowest BCUT2D eigenvalue weighted by Gasteiger charge is -2.66. The molecule has 1 aliphatic heterocycles. The van der Waals surface area contributed by atoms with E-state index in [1.165, 1.54) is 0 Å². The Morgan fingerprint density at radius 1 is 1.09 bits per heavy atom. The molecule has 0 bridgehead atoms. The van der Waals surface area contributed by atoms with E-state index in [1.807, 2.05) is 27.7 Å². The Bertz CT molecular complexity index is 822. The van der Waals surface area contributed by atoms with Crippen molar-refractivity contribution in [1.82, 2.24) is 5.32 Å². The lowest BCUT2D eigenvalue weighted by molar-refractivity contribution is -0.287. The van der Waals surface area contributed by atoms with Crippen molar-refractivity contribution < 1.29 is 29.2 Å². The van der Waals surface area contributed by atoms with E-state index in [9.17, 15) is 20.1 Å². The summed E-state index contributed by atoms with van der Waals surface area (Å²) in [5, 5.41) is 37.5. The minimum absolute atomic E-state index is 0.0336. The number of carbonyl (C=O) groups excluding carboxylic acids is 1. The van der Waals surface area contributed by atoms with Crippen molar-refractivity contribution in [3.8, 4) is 0 Å². The van der Waals surface area contributed by atoms with Crippen LogP contribution in [-0.4, -0.2) is 63.0 Å². The van der Waals surface area contributed by atoms with E-state index < -0.39 is 46.1 Å². The maximum atomic E-state index is 17.3. The lowest BCUT2D eigenvalue weighted by atomic mass is 9.42. The van der Waals surface area contributed by atoms with Gasteiger partial charge in [-0.15, -0.1) is 0 Å². The van der Waals surface area contributed by atoms with Crippen LogP contribution in [0.2, 0.25) is 0 Å². The fourth-order valence-electron chi connectivity index (χ4n) is 9.08. The van der Waals surface area contributed by atoms with E-state index in [2.05, 4.69) is 5.32 Å². The number of carbonyl (C=O) groups is 1. The second kappa shape index (κ2) is 6.75. The number of fused-ring (bicyclic) bond motifs is 5. The van der Waals surface area contributed by atoms with Crippen LogP contribution in [0.15, 0.2) is 0 Å². The van der Waals surface area contributed by atoms with Crippen LogP contribution in [0.25, 0.3) is 0 Å². The van der Waals surface area contributed by atoms with Crippen LogP contribution in [0.3, 0.4) is 0 Å². The molecule has 5 aliphatic rings. The topological polar surface area (TPSA) is 99.0 Å².